The smallest absolute Gasteiger partial charge is 0.325 e. The lowest BCUT2D eigenvalue weighted by molar-refractivity contribution is -0.164. The molecule has 0 amide bonds. The first kappa shape index (κ1) is 19.2. The van der Waals surface area contributed by atoms with Gasteiger partial charge in [0.15, 0.2) is 15.3 Å². The summed E-state index contributed by atoms with van der Waals surface area (Å²) >= 11 is 0. The molecule has 1 aliphatic rings. The fourth-order valence-electron chi connectivity index (χ4n) is 3.26. The molecule has 0 bridgehead atoms. The van der Waals surface area contributed by atoms with Gasteiger partial charge in [-0.25, -0.2) is 8.42 Å². The molecule has 1 saturated carbocycles. The lowest BCUT2D eigenvalue weighted by Gasteiger charge is -2.15. The number of benzene rings is 1. The molecule has 0 saturated heterocycles. The summed E-state index contributed by atoms with van der Waals surface area (Å²) in [7, 11) is -2.20. The Bertz CT molecular complexity index is 734. The van der Waals surface area contributed by atoms with Gasteiger partial charge in [0.05, 0.1) is 25.6 Å². The first-order valence-electron chi connectivity index (χ1n) is 7.92. The summed E-state index contributed by atoms with van der Waals surface area (Å²) in [6.07, 6.45) is 1.01. The van der Waals surface area contributed by atoms with E-state index in [9.17, 15) is 18.0 Å². The van der Waals surface area contributed by atoms with Crippen molar-refractivity contribution < 1.29 is 32.2 Å². The molecule has 0 spiro atoms. The SMILES string of the molecule is CCOC(=O)C1(C(=O)OCC)C(c2ccc(OC)cc2)C1S(C)(=O)=O. The number of carbonyl (C=O) groups excluding carboxylic acids is 2. The van der Waals surface area contributed by atoms with Crippen molar-refractivity contribution in [2.75, 3.05) is 26.6 Å². The molecule has 7 nitrogen and oxygen atoms in total. The maximum Gasteiger partial charge on any atom is 0.325 e. The Balaban J connectivity index is 2.56. The molecule has 0 N–H and O–H groups in total. The van der Waals surface area contributed by atoms with Gasteiger partial charge in [0.1, 0.15) is 5.75 Å². The van der Waals surface area contributed by atoms with E-state index < -0.39 is 38.4 Å². The summed E-state index contributed by atoms with van der Waals surface area (Å²) < 4.78 is 39.7. The van der Waals surface area contributed by atoms with Crippen LogP contribution in [0.1, 0.15) is 25.3 Å². The highest BCUT2D eigenvalue weighted by Gasteiger charge is 2.81. The minimum atomic E-state index is -3.71. The molecule has 0 aromatic heterocycles. The van der Waals surface area contributed by atoms with Crippen LogP contribution in [-0.2, 0) is 28.9 Å². The fraction of sp³-hybridized carbons (Fsp3) is 0.529. The molecule has 2 unspecified atom stereocenters. The molecule has 1 aliphatic carbocycles. The van der Waals surface area contributed by atoms with Crippen molar-refractivity contribution in [3.05, 3.63) is 29.8 Å². The zero-order valence-electron chi connectivity index (χ0n) is 14.6. The second kappa shape index (κ2) is 7.03. The van der Waals surface area contributed by atoms with E-state index in [1.54, 1.807) is 38.1 Å². The van der Waals surface area contributed by atoms with Gasteiger partial charge in [-0.05, 0) is 31.5 Å². The van der Waals surface area contributed by atoms with Gasteiger partial charge >= 0.3 is 11.9 Å². The first-order valence-corrected chi connectivity index (χ1v) is 9.87. The lowest BCUT2D eigenvalue weighted by atomic mass is 9.99. The van der Waals surface area contributed by atoms with Crippen LogP contribution in [0.3, 0.4) is 0 Å². The zero-order chi connectivity index (χ0) is 18.8. The van der Waals surface area contributed by atoms with Gasteiger partial charge in [-0.2, -0.15) is 0 Å². The summed E-state index contributed by atoms with van der Waals surface area (Å²) in [5, 5.41) is -1.22. The normalized spacial score (nSPS) is 21.3. The van der Waals surface area contributed by atoms with Gasteiger partial charge in [0, 0.05) is 12.2 Å². The van der Waals surface area contributed by atoms with Crippen LogP contribution in [0.5, 0.6) is 5.75 Å². The number of carbonyl (C=O) groups is 2. The van der Waals surface area contributed by atoms with Crippen molar-refractivity contribution in [2.24, 2.45) is 5.41 Å². The van der Waals surface area contributed by atoms with Crippen molar-refractivity contribution in [3.8, 4) is 5.75 Å². The number of rotatable bonds is 7. The highest BCUT2D eigenvalue weighted by atomic mass is 32.2. The van der Waals surface area contributed by atoms with Crippen LogP contribution >= 0.6 is 0 Å². The average Bonchev–Trinajstić information content (AvgIpc) is 3.27. The predicted molar refractivity (Wildman–Crippen MR) is 90.1 cm³/mol. The third kappa shape index (κ3) is 3.22. The Morgan fingerprint density at radius 1 is 1.04 bits per heavy atom. The fourth-order valence-corrected chi connectivity index (χ4v) is 5.06. The molecule has 0 aliphatic heterocycles. The maximum absolute atomic E-state index is 12.6. The molecule has 2 rings (SSSR count). The Morgan fingerprint density at radius 3 is 1.88 bits per heavy atom. The second-order valence-electron chi connectivity index (χ2n) is 5.81. The predicted octanol–water partition coefficient (Wildman–Crippen LogP) is 1.32. The summed E-state index contributed by atoms with van der Waals surface area (Å²) in [4.78, 5) is 25.2. The molecular formula is C17H22O7S. The van der Waals surface area contributed by atoms with Crippen LogP contribution in [0, 0.1) is 5.41 Å². The van der Waals surface area contributed by atoms with Crippen molar-refractivity contribution >= 4 is 21.8 Å². The Hall–Kier alpha value is -2.09. The summed E-state index contributed by atoms with van der Waals surface area (Å²) in [6, 6.07) is 6.58. The average molecular weight is 370 g/mol. The Labute approximate surface area is 147 Å². The highest BCUT2D eigenvalue weighted by Crippen LogP contribution is 2.64. The number of methoxy groups -OCH3 is 1. The third-order valence-corrected chi connectivity index (χ3v) is 5.86. The van der Waals surface area contributed by atoms with Crippen LogP contribution in [0.2, 0.25) is 0 Å². The molecule has 1 aromatic carbocycles. The molecular weight excluding hydrogens is 348 g/mol. The zero-order valence-corrected chi connectivity index (χ0v) is 15.5. The second-order valence-corrected chi connectivity index (χ2v) is 7.98. The van der Waals surface area contributed by atoms with Crippen molar-refractivity contribution in [2.45, 2.75) is 25.0 Å². The molecule has 138 valence electrons. The molecule has 1 fully saturated rings. The van der Waals surface area contributed by atoms with E-state index in [0.29, 0.717) is 11.3 Å². The summed E-state index contributed by atoms with van der Waals surface area (Å²) in [6.45, 7) is 3.26. The van der Waals surface area contributed by atoms with Crippen molar-refractivity contribution in [1.29, 1.82) is 0 Å². The Kier molecular flexibility index (Phi) is 5.41. The van der Waals surface area contributed by atoms with Crippen LogP contribution < -0.4 is 4.74 Å². The van der Waals surface area contributed by atoms with E-state index in [1.165, 1.54) is 7.11 Å². The summed E-state index contributed by atoms with van der Waals surface area (Å²) in [5.74, 6) is -2.01. The molecule has 2 atom stereocenters. The number of ether oxygens (including phenoxy) is 3. The standard InChI is InChI=1S/C17H22O7S/c1-5-23-15(18)17(16(19)24-6-2)13(14(17)25(4,20)21)11-7-9-12(22-3)10-8-11/h7-10,13-14H,5-6H2,1-4H3. The number of hydrogen-bond donors (Lipinski definition) is 0. The molecule has 25 heavy (non-hydrogen) atoms. The van der Waals surface area contributed by atoms with Crippen LogP contribution in [0.4, 0.5) is 0 Å². The topological polar surface area (TPSA) is 96.0 Å². The van der Waals surface area contributed by atoms with E-state index in [4.69, 9.17) is 14.2 Å². The van der Waals surface area contributed by atoms with E-state index in [1.807, 2.05) is 0 Å². The van der Waals surface area contributed by atoms with Gasteiger partial charge in [-0.15, -0.1) is 0 Å². The van der Waals surface area contributed by atoms with E-state index >= 15 is 0 Å². The van der Waals surface area contributed by atoms with Gasteiger partial charge in [-0.3, -0.25) is 9.59 Å². The quantitative estimate of drug-likeness (QED) is 0.527. The van der Waals surface area contributed by atoms with Crippen LogP contribution in [-0.4, -0.2) is 52.2 Å². The molecule has 0 heterocycles. The van der Waals surface area contributed by atoms with Crippen molar-refractivity contribution in [3.63, 3.8) is 0 Å². The minimum absolute atomic E-state index is 0.0335. The lowest BCUT2D eigenvalue weighted by Crippen LogP contribution is -2.35. The number of esters is 2. The van der Waals surface area contributed by atoms with Crippen LogP contribution in [0.15, 0.2) is 24.3 Å². The number of hydrogen-bond acceptors (Lipinski definition) is 7. The highest BCUT2D eigenvalue weighted by molar-refractivity contribution is 7.91. The molecule has 0 radical (unpaired) electrons. The van der Waals surface area contributed by atoms with E-state index in [2.05, 4.69) is 0 Å². The monoisotopic (exact) mass is 370 g/mol. The van der Waals surface area contributed by atoms with E-state index in [-0.39, 0.29) is 13.2 Å². The minimum Gasteiger partial charge on any atom is -0.497 e. The Morgan fingerprint density at radius 2 is 1.52 bits per heavy atom. The van der Waals surface area contributed by atoms with Gasteiger partial charge in [-0.1, -0.05) is 12.1 Å². The molecule has 8 heteroatoms. The molecule has 1 aromatic rings. The summed E-state index contributed by atoms with van der Waals surface area (Å²) in [5.41, 5.74) is -1.33. The largest absolute Gasteiger partial charge is 0.497 e. The van der Waals surface area contributed by atoms with Gasteiger partial charge in [0.25, 0.3) is 0 Å². The van der Waals surface area contributed by atoms with E-state index in [0.717, 1.165) is 6.26 Å². The third-order valence-electron chi connectivity index (χ3n) is 4.30. The van der Waals surface area contributed by atoms with Gasteiger partial charge < -0.3 is 14.2 Å². The first-order chi connectivity index (χ1) is 11.7. The van der Waals surface area contributed by atoms with Crippen LogP contribution in [0.25, 0.3) is 0 Å². The maximum atomic E-state index is 12.6. The van der Waals surface area contributed by atoms with Gasteiger partial charge in [0.2, 0.25) is 0 Å². The van der Waals surface area contributed by atoms with Crippen molar-refractivity contribution in [1.82, 2.24) is 0 Å². The number of sulfone groups is 1.